The van der Waals surface area contributed by atoms with Crippen LogP contribution in [0.1, 0.15) is 5.69 Å². The van der Waals surface area contributed by atoms with Gasteiger partial charge in [-0.25, -0.2) is 13.4 Å². The standard InChI is InChI=1S/C7H5ClF3NO3S/c1-15-4-2-5(7(9,10)11)12-6(3-4)16(8,13)14/h2-3H,1H3. The van der Waals surface area contributed by atoms with Gasteiger partial charge in [-0.3, -0.25) is 0 Å². The highest BCUT2D eigenvalue weighted by Gasteiger charge is 2.34. The monoisotopic (exact) mass is 275 g/mol. The minimum Gasteiger partial charge on any atom is -0.497 e. The van der Waals surface area contributed by atoms with Crippen LogP contribution in [0.5, 0.6) is 5.75 Å². The van der Waals surface area contributed by atoms with E-state index < -0.39 is 25.9 Å². The normalized spacial score (nSPS) is 12.6. The number of pyridine rings is 1. The summed E-state index contributed by atoms with van der Waals surface area (Å²) in [6.45, 7) is 0. The second-order valence-electron chi connectivity index (χ2n) is 2.67. The van der Waals surface area contributed by atoms with Gasteiger partial charge in [0, 0.05) is 22.8 Å². The van der Waals surface area contributed by atoms with Crippen LogP contribution in [0.4, 0.5) is 13.2 Å². The van der Waals surface area contributed by atoms with Crippen LogP contribution < -0.4 is 4.74 Å². The summed E-state index contributed by atoms with van der Waals surface area (Å²) < 4.78 is 63.2. The predicted octanol–water partition coefficient (Wildman–Crippen LogP) is 2.04. The zero-order valence-corrected chi connectivity index (χ0v) is 9.32. The Hall–Kier alpha value is -1.02. The Morgan fingerprint density at radius 2 is 1.94 bits per heavy atom. The van der Waals surface area contributed by atoms with Crippen molar-refractivity contribution in [1.82, 2.24) is 4.98 Å². The maximum atomic E-state index is 12.3. The maximum Gasteiger partial charge on any atom is 0.433 e. The van der Waals surface area contributed by atoms with E-state index in [-0.39, 0.29) is 5.75 Å². The highest BCUT2D eigenvalue weighted by molar-refractivity contribution is 8.13. The van der Waals surface area contributed by atoms with Crippen molar-refractivity contribution in [3.05, 3.63) is 17.8 Å². The van der Waals surface area contributed by atoms with Gasteiger partial charge in [0.2, 0.25) is 0 Å². The number of hydrogen-bond acceptors (Lipinski definition) is 4. The highest BCUT2D eigenvalue weighted by Crippen LogP contribution is 2.31. The molecule has 1 rings (SSSR count). The van der Waals surface area contributed by atoms with Gasteiger partial charge in [-0.15, -0.1) is 0 Å². The molecule has 0 amide bonds. The van der Waals surface area contributed by atoms with Gasteiger partial charge >= 0.3 is 6.18 Å². The summed E-state index contributed by atoms with van der Waals surface area (Å²) >= 11 is 0. The van der Waals surface area contributed by atoms with Crippen LogP contribution in [-0.2, 0) is 15.2 Å². The Kier molecular flexibility index (Phi) is 3.34. The first-order chi connectivity index (χ1) is 7.14. The van der Waals surface area contributed by atoms with Gasteiger partial charge < -0.3 is 4.74 Å². The molecular formula is C7H5ClF3NO3S. The molecule has 1 aromatic heterocycles. The van der Waals surface area contributed by atoms with E-state index in [0.29, 0.717) is 6.07 Å². The molecule has 0 radical (unpaired) electrons. The number of halogens is 4. The van der Waals surface area contributed by atoms with Gasteiger partial charge in [0.25, 0.3) is 9.05 Å². The van der Waals surface area contributed by atoms with E-state index in [2.05, 4.69) is 9.72 Å². The summed E-state index contributed by atoms with van der Waals surface area (Å²) in [5.41, 5.74) is -1.38. The second-order valence-corrected chi connectivity index (χ2v) is 5.18. The third-order valence-corrected chi connectivity index (χ3v) is 2.73. The highest BCUT2D eigenvalue weighted by atomic mass is 35.7. The van der Waals surface area contributed by atoms with E-state index in [9.17, 15) is 21.6 Å². The first kappa shape index (κ1) is 13.0. The first-order valence-electron chi connectivity index (χ1n) is 3.72. The maximum absolute atomic E-state index is 12.3. The van der Waals surface area contributed by atoms with Gasteiger partial charge in [0.15, 0.2) is 5.03 Å². The van der Waals surface area contributed by atoms with Gasteiger partial charge in [-0.2, -0.15) is 13.2 Å². The van der Waals surface area contributed by atoms with Gasteiger partial charge in [-0.1, -0.05) is 0 Å². The quantitative estimate of drug-likeness (QED) is 0.775. The fourth-order valence-electron chi connectivity index (χ4n) is 0.869. The summed E-state index contributed by atoms with van der Waals surface area (Å²) in [5.74, 6) is -0.290. The number of aromatic nitrogens is 1. The Labute approximate surface area is 93.4 Å². The molecule has 0 atom stereocenters. The minimum atomic E-state index is -4.77. The molecule has 0 spiro atoms. The lowest BCUT2D eigenvalue weighted by molar-refractivity contribution is -0.141. The van der Waals surface area contributed by atoms with Crippen LogP contribution in [0.3, 0.4) is 0 Å². The SMILES string of the molecule is COc1cc(C(F)(F)F)nc(S(=O)(=O)Cl)c1. The Morgan fingerprint density at radius 3 is 2.31 bits per heavy atom. The lowest BCUT2D eigenvalue weighted by Crippen LogP contribution is -2.10. The Balaban J connectivity index is 3.45. The van der Waals surface area contributed by atoms with Crippen LogP contribution in [0, 0.1) is 0 Å². The molecule has 0 fully saturated rings. The number of rotatable bonds is 2. The molecule has 0 N–H and O–H groups in total. The second kappa shape index (κ2) is 4.10. The van der Waals surface area contributed by atoms with Crippen molar-refractivity contribution < 1.29 is 26.3 Å². The average molecular weight is 276 g/mol. The Morgan fingerprint density at radius 1 is 1.38 bits per heavy atom. The van der Waals surface area contributed by atoms with Crippen LogP contribution >= 0.6 is 10.7 Å². The molecule has 0 aliphatic heterocycles. The molecule has 0 bridgehead atoms. The zero-order chi connectivity index (χ0) is 12.6. The Bertz CT molecular complexity index is 500. The number of nitrogens with zero attached hydrogens (tertiary/aromatic N) is 1. The zero-order valence-electron chi connectivity index (χ0n) is 7.75. The van der Waals surface area contributed by atoms with Crippen LogP contribution in [0.2, 0.25) is 0 Å². The first-order valence-corrected chi connectivity index (χ1v) is 6.03. The van der Waals surface area contributed by atoms with Crippen molar-refractivity contribution in [2.24, 2.45) is 0 Å². The minimum absolute atomic E-state index is 0.290. The third-order valence-electron chi connectivity index (χ3n) is 1.55. The van der Waals surface area contributed by atoms with E-state index in [1.165, 1.54) is 0 Å². The number of methoxy groups -OCH3 is 1. The molecule has 1 aromatic rings. The smallest absolute Gasteiger partial charge is 0.433 e. The average Bonchev–Trinajstić information content (AvgIpc) is 2.14. The van der Waals surface area contributed by atoms with Crippen molar-refractivity contribution >= 4 is 19.7 Å². The fourth-order valence-corrected chi connectivity index (χ4v) is 1.57. The summed E-state index contributed by atoms with van der Waals surface area (Å²) in [6.07, 6.45) is -4.77. The molecule has 0 saturated carbocycles. The van der Waals surface area contributed by atoms with E-state index in [4.69, 9.17) is 10.7 Å². The largest absolute Gasteiger partial charge is 0.497 e. The topological polar surface area (TPSA) is 56.3 Å². The molecule has 0 unspecified atom stereocenters. The van der Waals surface area contributed by atoms with Crippen molar-refractivity contribution in [2.75, 3.05) is 7.11 Å². The molecule has 0 aliphatic rings. The van der Waals surface area contributed by atoms with Crippen molar-refractivity contribution in [3.63, 3.8) is 0 Å². The number of ether oxygens (including phenoxy) is 1. The van der Waals surface area contributed by atoms with Crippen molar-refractivity contribution in [3.8, 4) is 5.75 Å². The van der Waals surface area contributed by atoms with E-state index >= 15 is 0 Å². The van der Waals surface area contributed by atoms with E-state index in [0.717, 1.165) is 13.2 Å². The molecular weight excluding hydrogens is 271 g/mol. The lowest BCUT2D eigenvalue weighted by atomic mass is 10.3. The van der Waals surface area contributed by atoms with Crippen molar-refractivity contribution in [2.45, 2.75) is 11.2 Å². The van der Waals surface area contributed by atoms with Gasteiger partial charge in [-0.05, 0) is 0 Å². The summed E-state index contributed by atoms with van der Waals surface area (Å²) in [7, 11) is 1.66. The molecule has 0 aromatic carbocycles. The molecule has 0 aliphatic carbocycles. The van der Waals surface area contributed by atoms with Crippen LogP contribution in [0.15, 0.2) is 17.2 Å². The molecule has 4 nitrogen and oxygen atoms in total. The molecule has 9 heteroatoms. The number of hydrogen-bond donors (Lipinski definition) is 0. The lowest BCUT2D eigenvalue weighted by Gasteiger charge is -2.08. The van der Waals surface area contributed by atoms with Gasteiger partial charge in [0.1, 0.15) is 11.4 Å². The summed E-state index contributed by atoms with van der Waals surface area (Å²) in [5, 5.41) is -0.902. The summed E-state index contributed by atoms with van der Waals surface area (Å²) in [6, 6.07) is 1.38. The third kappa shape index (κ3) is 2.99. The molecule has 90 valence electrons. The van der Waals surface area contributed by atoms with E-state index in [1.807, 2.05) is 0 Å². The summed E-state index contributed by atoms with van der Waals surface area (Å²) in [4.78, 5) is 2.90. The van der Waals surface area contributed by atoms with Gasteiger partial charge in [0.05, 0.1) is 7.11 Å². The van der Waals surface area contributed by atoms with E-state index in [1.54, 1.807) is 0 Å². The van der Waals surface area contributed by atoms with Crippen LogP contribution in [-0.4, -0.2) is 20.5 Å². The number of alkyl halides is 3. The molecule has 16 heavy (non-hydrogen) atoms. The van der Waals surface area contributed by atoms with Crippen LogP contribution in [0.25, 0.3) is 0 Å². The van der Waals surface area contributed by atoms with Crippen molar-refractivity contribution in [1.29, 1.82) is 0 Å². The fraction of sp³-hybridized carbons (Fsp3) is 0.286. The molecule has 0 saturated heterocycles. The predicted molar refractivity (Wildman–Crippen MR) is 48.8 cm³/mol. The molecule has 1 heterocycles.